The highest BCUT2D eigenvalue weighted by molar-refractivity contribution is 6.12. The number of ketones is 2. The van der Waals surface area contributed by atoms with Gasteiger partial charge in [-0.05, 0) is 18.2 Å². The minimum absolute atomic E-state index is 0.0701. The second-order valence-electron chi connectivity index (χ2n) is 3.76. The lowest BCUT2D eigenvalue weighted by atomic mass is 10.1. The summed E-state index contributed by atoms with van der Waals surface area (Å²) in [5.74, 6) is -1.36. The van der Waals surface area contributed by atoms with Crippen molar-refractivity contribution in [3.63, 3.8) is 0 Å². The molecule has 2 aromatic heterocycles. The van der Waals surface area contributed by atoms with Crippen LogP contribution >= 0.6 is 0 Å². The Labute approximate surface area is 102 Å². The van der Waals surface area contributed by atoms with Gasteiger partial charge in [-0.15, -0.1) is 0 Å². The second kappa shape index (κ2) is 4.87. The van der Waals surface area contributed by atoms with E-state index in [1.165, 1.54) is 16.8 Å². The Morgan fingerprint density at radius 3 is 2.50 bits per heavy atom. The Morgan fingerprint density at radius 2 is 1.94 bits per heavy atom. The fourth-order valence-electron chi connectivity index (χ4n) is 1.43. The van der Waals surface area contributed by atoms with E-state index in [0.717, 1.165) is 12.3 Å². The van der Waals surface area contributed by atoms with E-state index in [1.807, 2.05) is 0 Å². The summed E-state index contributed by atoms with van der Waals surface area (Å²) in [6, 6.07) is 3.92. The highest BCUT2D eigenvalue weighted by Crippen LogP contribution is 2.06. The number of carbonyl (C=O) groups is 2. The molecule has 2 aromatic rings. The number of rotatable bonds is 4. The predicted octanol–water partition coefficient (Wildman–Crippen LogP) is 1.41. The van der Waals surface area contributed by atoms with Crippen LogP contribution in [-0.2, 0) is 7.05 Å². The second-order valence-corrected chi connectivity index (χ2v) is 3.76. The molecule has 18 heavy (non-hydrogen) atoms. The van der Waals surface area contributed by atoms with Crippen LogP contribution in [0.5, 0.6) is 0 Å². The molecule has 0 unspecified atom stereocenters. The van der Waals surface area contributed by atoms with Gasteiger partial charge in [0.15, 0.2) is 11.6 Å². The van der Waals surface area contributed by atoms with Crippen LogP contribution < -0.4 is 0 Å². The number of hydrogen-bond acceptors (Lipinski definition) is 4. The summed E-state index contributed by atoms with van der Waals surface area (Å²) in [7, 11) is 1.68. The number of Topliss-reactive ketones (excluding diaryl/α,β-unsaturated/α-hetero) is 2. The largest absolute Gasteiger partial charge is 0.292 e. The fourth-order valence-corrected chi connectivity index (χ4v) is 1.43. The Bertz CT molecular complexity index is 590. The lowest BCUT2D eigenvalue weighted by Gasteiger charge is -1.98. The van der Waals surface area contributed by atoms with Gasteiger partial charge in [0.1, 0.15) is 17.2 Å². The van der Waals surface area contributed by atoms with Crippen molar-refractivity contribution >= 4 is 11.6 Å². The number of carbonyl (C=O) groups excluding carboxylic acids is 2. The van der Waals surface area contributed by atoms with Crippen LogP contribution in [0.4, 0.5) is 4.39 Å². The standard InChI is InChI=1S/C12H10FN3O2/c1-16-5-4-10(15-16)12(18)6-11(17)9-3-2-8(13)7-14-9/h2-5,7H,6H2,1H3. The van der Waals surface area contributed by atoms with Crippen molar-refractivity contribution in [3.05, 3.63) is 47.8 Å². The van der Waals surface area contributed by atoms with Crippen LogP contribution in [0.25, 0.3) is 0 Å². The molecule has 0 N–H and O–H groups in total. The van der Waals surface area contributed by atoms with Gasteiger partial charge in [0, 0.05) is 13.2 Å². The highest BCUT2D eigenvalue weighted by Gasteiger charge is 2.16. The molecular formula is C12H10FN3O2. The topological polar surface area (TPSA) is 64.8 Å². The maximum atomic E-state index is 12.6. The molecule has 2 rings (SSSR count). The van der Waals surface area contributed by atoms with Gasteiger partial charge in [-0.3, -0.25) is 19.3 Å². The average molecular weight is 247 g/mol. The Kier molecular flexibility index (Phi) is 3.27. The number of pyridine rings is 1. The van der Waals surface area contributed by atoms with Crippen LogP contribution in [0.2, 0.25) is 0 Å². The smallest absolute Gasteiger partial charge is 0.190 e. The van der Waals surface area contributed by atoms with Crippen molar-refractivity contribution in [1.82, 2.24) is 14.8 Å². The SMILES string of the molecule is Cn1ccc(C(=O)CC(=O)c2ccc(F)cn2)n1. The first kappa shape index (κ1) is 12.1. The predicted molar refractivity (Wildman–Crippen MR) is 60.7 cm³/mol. The summed E-state index contributed by atoms with van der Waals surface area (Å²) in [5.41, 5.74) is 0.300. The van der Waals surface area contributed by atoms with Crippen molar-refractivity contribution in [2.24, 2.45) is 7.05 Å². The third-order valence-corrected chi connectivity index (χ3v) is 2.33. The molecule has 0 saturated heterocycles. The van der Waals surface area contributed by atoms with Crippen molar-refractivity contribution in [2.45, 2.75) is 6.42 Å². The van der Waals surface area contributed by atoms with Gasteiger partial charge in [-0.1, -0.05) is 0 Å². The van der Waals surface area contributed by atoms with E-state index in [4.69, 9.17) is 0 Å². The molecule has 0 atom stereocenters. The number of hydrogen-bond donors (Lipinski definition) is 0. The maximum absolute atomic E-state index is 12.6. The number of aryl methyl sites for hydroxylation is 1. The summed E-state index contributed by atoms with van der Waals surface area (Å²) in [5, 5.41) is 3.91. The van der Waals surface area contributed by atoms with Gasteiger partial charge in [-0.25, -0.2) is 4.39 Å². The zero-order valence-corrected chi connectivity index (χ0v) is 9.63. The molecule has 0 aliphatic carbocycles. The maximum Gasteiger partial charge on any atom is 0.190 e. The number of nitrogens with zero attached hydrogens (tertiary/aromatic N) is 3. The highest BCUT2D eigenvalue weighted by atomic mass is 19.1. The zero-order chi connectivity index (χ0) is 13.1. The molecule has 0 saturated carbocycles. The third-order valence-electron chi connectivity index (χ3n) is 2.33. The van der Waals surface area contributed by atoms with E-state index >= 15 is 0 Å². The molecule has 6 heteroatoms. The van der Waals surface area contributed by atoms with Crippen LogP contribution in [0.1, 0.15) is 27.4 Å². The molecule has 0 spiro atoms. The molecule has 2 heterocycles. The fraction of sp³-hybridized carbons (Fsp3) is 0.167. The van der Waals surface area contributed by atoms with E-state index in [1.54, 1.807) is 13.2 Å². The molecule has 5 nitrogen and oxygen atoms in total. The Balaban J connectivity index is 2.08. The molecule has 0 bridgehead atoms. The average Bonchev–Trinajstić information content (AvgIpc) is 2.76. The van der Waals surface area contributed by atoms with Gasteiger partial charge in [0.05, 0.1) is 12.6 Å². The monoisotopic (exact) mass is 247 g/mol. The Morgan fingerprint density at radius 1 is 1.22 bits per heavy atom. The lowest BCUT2D eigenvalue weighted by Crippen LogP contribution is -2.11. The Hall–Kier alpha value is -2.37. The first-order chi connectivity index (χ1) is 8.56. The van der Waals surface area contributed by atoms with Gasteiger partial charge in [0.2, 0.25) is 0 Å². The zero-order valence-electron chi connectivity index (χ0n) is 9.63. The molecule has 92 valence electrons. The first-order valence-electron chi connectivity index (χ1n) is 5.24. The van der Waals surface area contributed by atoms with Crippen molar-refractivity contribution in [3.8, 4) is 0 Å². The van der Waals surface area contributed by atoms with Crippen LogP contribution in [0.3, 0.4) is 0 Å². The van der Waals surface area contributed by atoms with E-state index < -0.39 is 11.6 Å². The van der Waals surface area contributed by atoms with Crippen molar-refractivity contribution in [1.29, 1.82) is 0 Å². The van der Waals surface area contributed by atoms with Gasteiger partial charge in [-0.2, -0.15) is 5.10 Å². The van der Waals surface area contributed by atoms with E-state index in [2.05, 4.69) is 10.1 Å². The summed E-state index contributed by atoms with van der Waals surface area (Å²) in [4.78, 5) is 27.0. The summed E-state index contributed by atoms with van der Waals surface area (Å²) >= 11 is 0. The van der Waals surface area contributed by atoms with E-state index in [9.17, 15) is 14.0 Å². The van der Waals surface area contributed by atoms with Gasteiger partial charge >= 0.3 is 0 Å². The molecule has 0 fully saturated rings. The van der Waals surface area contributed by atoms with Crippen LogP contribution in [-0.4, -0.2) is 26.3 Å². The van der Waals surface area contributed by atoms with Crippen LogP contribution in [0, 0.1) is 5.82 Å². The van der Waals surface area contributed by atoms with E-state index in [-0.39, 0.29) is 23.6 Å². The van der Waals surface area contributed by atoms with Gasteiger partial charge < -0.3 is 0 Å². The van der Waals surface area contributed by atoms with Gasteiger partial charge in [0.25, 0.3) is 0 Å². The molecule has 0 radical (unpaired) electrons. The molecule has 0 aliphatic heterocycles. The molecule has 0 aliphatic rings. The summed E-state index contributed by atoms with van der Waals surface area (Å²) in [6.45, 7) is 0. The molecule has 0 aromatic carbocycles. The third kappa shape index (κ3) is 2.65. The molecule has 0 amide bonds. The summed E-state index contributed by atoms with van der Waals surface area (Å²) < 4.78 is 14.1. The lowest BCUT2D eigenvalue weighted by molar-refractivity contribution is 0.0888. The summed E-state index contributed by atoms with van der Waals surface area (Å²) in [6.07, 6.45) is 2.24. The first-order valence-corrected chi connectivity index (χ1v) is 5.24. The minimum atomic E-state index is -0.525. The minimum Gasteiger partial charge on any atom is -0.292 e. The number of halogens is 1. The van der Waals surface area contributed by atoms with Crippen molar-refractivity contribution < 1.29 is 14.0 Å². The van der Waals surface area contributed by atoms with Crippen molar-refractivity contribution in [2.75, 3.05) is 0 Å². The molecular weight excluding hydrogens is 237 g/mol. The van der Waals surface area contributed by atoms with E-state index in [0.29, 0.717) is 0 Å². The quantitative estimate of drug-likeness (QED) is 0.605. The number of aromatic nitrogens is 3. The normalized spacial score (nSPS) is 10.3. The van der Waals surface area contributed by atoms with Crippen LogP contribution in [0.15, 0.2) is 30.6 Å².